The predicted octanol–water partition coefficient (Wildman–Crippen LogP) is 2.45. The van der Waals surface area contributed by atoms with Crippen LogP contribution in [-0.4, -0.2) is 49.9 Å². The molecule has 3 aromatic rings. The Bertz CT molecular complexity index is 1040. The van der Waals surface area contributed by atoms with E-state index in [0.717, 1.165) is 55.2 Å². The molecule has 0 saturated heterocycles. The first-order chi connectivity index (χ1) is 13.6. The lowest BCUT2D eigenvalue weighted by atomic mass is 10.2. The molecular weight excluding hydrogens is 354 g/mol. The van der Waals surface area contributed by atoms with Crippen molar-refractivity contribution in [1.82, 2.24) is 24.2 Å². The van der Waals surface area contributed by atoms with Crippen molar-refractivity contribution >= 4 is 17.0 Å². The van der Waals surface area contributed by atoms with Gasteiger partial charge in [-0.25, -0.2) is 4.98 Å². The first kappa shape index (κ1) is 17.4. The Hall–Kier alpha value is -2.67. The van der Waals surface area contributed by atoms with Crippen LogP contribution in [0.25, 0.3) is 22.6 Å². The molecule has 146 valence electrons. The summed E-state index contributed by atoms with van der Waals surface area (Å²) >= 11 is 0. The van der Waals surface area contributed by atoms with Gasteiger partial charge in [-0.2, -0.15) is 5.10 Å². The van der Waals surface area contributed by atoms with E-state index < -0.39 is 0 Å². The van der Waals surface area contributed by atoms with Gasteiger partial charge in [-0.15, -0.1) is 0 Å². The van der Waals surface area contributed by atoms with Gasteiger partial charge in [0.05, 0.1) is 35.8 Å². The van der Waals surface area contributed by atoms with Crippen LogP contribution in [0.1, 0.15) is 19.0 Å². The highest BCUT2D eigenvalue weighted by atomic mass is 16.5. The summed E-state index contributed by atoms with van der Waals surface area (Å²) in [5.74, 6) is 1.41. The average molecular weight is 379 g/mol. The Balaban J connectivity index is 1.31. The highest BCUT2D eigenvalue weighted by Gasteiger charge is 2.45. The highest BCUT2D eigenvalue weighted by molar-refractivity contribution is 5.79. The molecule has 0 N–H and O–H groups in total. The van der Waals surface area contributed by atoms with Gasteiger partial charge in [0, 0.05) is 26.7 Å². The van der Waals surface area contributed by atoms with Crippen molar-refractivity contribution in [1.29, 1.82) is 0 Å². The number of aromatic nitrogens is 4. The van der Waals surface area contributed by atoms with E-state index in [1.165, 1.54) is 5.69 Å². The van der Waals surface area contributed by atoms with Crippen LogP contribution in [0, 0.1) is 11.8 Å². The molecule has 1 saturated carbocycles. The molecule has 0 amide bonds. The number of esters is 1. The molecule has 28 heavy (non-hydrogen) atoms. The Morgan fingerprint density at radius 2 is 2.14 bits per heavy atom. The number of hydrogen-bond donors (Lipinski definition) is 0. The molecule has 1 aromatic carbocycles. The topological polar surface area (TPSA) is 65.2 Å². The van der Waals surface area contributed by atoms with E-state index in [2.05, 4.69) is 26.3 Å². The van der Waals surface area contributed by atoms with E-state index in [4.69, 9.17) is 14.8 Å². The number of hydrogen-bond acceptors (Lipinski definition) is 5. The zero-order chi connectivity index (χ0) is 19.3. The molecule has 3 heterocycles. The first-order valence-electron chi connectivity index (χ1n) is 10.0. The normalized spacial score (nSPS) is 21.6. The van der Waals surface area contributed by atoms with Crippen molar-refractivity contribution in [3.8, 4) is 11.5 Å². The summed E-state index contributed by atoms with van der Waals surface area (Å²) in [6, 6.07) is 10.3. The molecule has 7 nitrogen and oxygen atoms in total. The number of carbonyl (C=O) groups excluding carboxylic acids is 1. The van der Waals surface area contributed by atoms with E-state index in [1.807, 2.05) is 32.2 Å². The van der Waals surface area contributed by atoms with Gasteiger partial charge in [0.2, 0.25) is 0 Å². The minimum Gasteiger partial charge on any atom is -0.466 e. The second-order valence-electron chi connectivity index (χ2n) is 7.82. The van der Waals surface area contributed by atoms with Crippen LogP contribution in [0.3, 0.4) is 0 Å². The molecule has 0 bridgehead atoms. The Kier molecular flexibility index (Phi) is 4.19. The van der Waals surface area contributed by atoms with E-state index in [-0.39, 0.29) is 11.9 Å². The third-order valence-electron chi connectivity index (χ3n) is 5.90. The maximum atomic E-state index is 11.9. The standard InChI is InChI=1S/C21H25N5O2/c1-3-28-21(27)16-10-14(16)12-25-8-9-26-15(13-25)11-18(23-26)20-22-17-6-4-5-7-19(17)24(20)2/h4-7,11,14,16H,3,8-10,12-13H2,1-2H3/t14-,16-/m0/s1. The lowest BCUT2D eigenvalue weighted by Crippen LogP contribution is -2.35. The summed E-state index contributed by atoms with van der Waals surface area (Å²) in [6.45, 7) is 5.98. The second kappa shape index (κ2) is 6.74. The molecule has 7 heteroatoms. The zero-order valence-electron chi connectivity index (χ0n) is 16.3. The third-order valence-corrected chi connectivity index (χ3v) is 5.90. The van der Waals surface area contributed by atoms with Crippen molar-refractivity contribution in [3.63, 3.8) is 0 Å². The van der Waals surface area contributed by atoms with Gasteiger partial charge in [-0.3, -0.25) is 14.4 Å². The summed E-state index contributed by atoms with van der Waals surface area (Å²) in [7, 11) is 2.04. The number of rotatable bonds is 5. The van der Waals surface area contributed by atoms with Crippen molar-refractivity contribution in [3.05, 3.63) is 36.0 Å². The average Bonchev–Trinajstić information content (AvgIpc) is 3.20. The number of carbonyl (C=O) groups is 1. The maximum absolute atomic E-state index is 11.9. The molecule has 2 aromatic heterocycles. The van der Waals surface area contributed by atoms with E-state index in [1.54, 1.807) is 0 Å². The van der Waals surface area contributed by atoms with Gasteiger partial charge >= 0.3 is 5.97 Å². The van der Waals surface area contributed by atoms with Crippen LogP contribution in [0.5, 0.6) is 0 Å². The monoisotopic (exact) mass is 379 g/mol. The first-order valence-corrected chi connectivity index (χ1v) is 10.0. The van der Waals surface area contributed by atoms with Crippen molar-refractivity contribution in [2.75, 3.05) is 19.7 Å². The molecule has 1 aliphatic carbocycles. The van der Waals surface area contributed by atoms with Crippen molar-refractivity contribution in [2.45, 2.75) is 26.4 Å². The van der Waals surface area contributed by atoms with Crippen LogP contribution in [0.4, 0.5) is 0 Å². The molecule has 5 rings (SSSR count). The maximum Gasteiger partial charge on any atom is 0.309 e. The fourth-order valence-electron chi connectivity index (χ4n) is 4.28. The number of ether oxygens (including phenoxy) is 1. The largest absolute Gasteiger partial charge is 0.466 e. The lowest BCUT2D eigenvalue weighted by molar-refractivity contribution is -0.145. The van der Waals surface area contributed by atoms with Crippen LogP contribution in [0.15, 0.2) is 30.3 Å². The number of para-hydroxylation sites is 2. The van der Waals surface area contributed by atoms with Gasteiger partial charge in [0.1, 0.15) is 5.69 Å². The minimum absolute atomic E-state index is 0.0290. The van der Waals surface area contributed by atoms with E-state index in [0.29, 0.717) is 12.5 Å². The fourth-order valence-corrected chi connectivity index (χ4v) is 4.28. The molecule has 0 unspecified atom stereocenters. The number of fused-ring (bicyclic) bond motifs is 2. The second-order valence-corrected chi connectivity index (χ2v) is 7.82. The predicted molar refractivity (Wildman–Crippen MR) is 105 cm³/mol. The fraction of sp³-hybridized carbons (Fsp3) is 0.476. The van der Waals surface area contributed by atoms with Gasteiger partial charge in [-0.05, 0) is 37.5 Å². The minimum atomic E-state index is -0.0290. The summed E-state index contributed by atoms with van der Waals surface area (Å²) in [6.07, 6.45) is 0.958. The number of imidazole rings is 1. The smallest absolute Gasteiger partial charge is 0.309 e. The third kappa shape index (κ3) is 2.99. The van der Waals surface area contributed by atoms with Crippen LogP contribution < -0.4 is 0 Å². The SMILES string of the molecule is CCOC(=O)[C@H]1C[C@H]1CN1CCn2nc(-c3nc4ccccc4n3C)cc2C1. The van der Waals surface area contributed by atoms with Gasteiger partial charge in [-0.1, -0.05) is 12.1 Å². The Labute approximate surface area is 163 Å². The van der Waals surface area contributed by atoms with Crippen molar-refractivity contribution < 1.29 is 9.53 Å². The molecule has 0 spiro atoms. The van der Waals surface area contributed by atoms with Crippen molar-refractivity contribution in [2.24, 2.45) is 18.9 Å². The molecule has 1 aliphatic heterocycles. The molecule has 0 radical (unpaired) electrons. The highest BCUT2D eigenvalue weighted by Crippen LogP contribution is 2.40. The number of aryl methyl sites for hydroxylation is 1. The van der Waals surface area contributed by atoms with E-state index in [9.17, 15) is 4.79 Å². The van der Waals surface area contributed by atoms with Gasteiger partial charge in [0.25, 0.3) is 0 Å². The van der Waals surface area contributed by atoms with E-state index >= 15 is 0 Å². The Morgan fingerprint density at radius 3 is 2.96 bits per heavy atom. The van der Waals surface area contributed by atoms with Gasteiger partial charge in [0.15, 0.2) is 5.82 Å². The summed E-state index contributed by atoms with van der Waals surface area (Å²) in [5, 5.41) is 4.81. The summed E-state index contributed by atoms with van der Waals surface area (Å²) in [4.78, 5) is 19.1. The lowest BCUT2D eigenvalue weighted by Gasteiger charge is -2.27. The quantitative estimate of drug-likeness (QED) is 0.637. The molecular formula is C21H25N5O2. The van der Waals surface area contributed by atoms with Crippen LogP contribution in [0.2, 0.25) is 0 Å². The Morgan fingerprint density at radius 1 is 1.29 bits per heavy atom. The molecule has 1 fully saturated rings. The summed E-state index contributed by atoms with van der Waals surface area (Å²) < 4.78 is 9.35. The number of benzene rings is 1. The zero-order valence-corrected chi connectivity index (χ0v) is 16.3. The van der Waals surface area contributed by atoms with Crippen LogP contribution in [-0.2, 0) is 29.7 Å². The summed E-state index contributed by atoms with van der Waals surface area (Å²) in [5.41, 5.74) is 4.24. The number of nitrogens with zero attached hydrogens (tertiary/aromatic N) is 5. The van der Waals surface area contributed by atoms with Crippen LogP contribution >= 0.6 is 0 Å². The van der Waals surface area contributed by atoms with Gasteiger partial charge < -0.3 is 9.30 Å². The molecule has 2 aliphatic rings. The molecule has 2 atom stereocenters.